The number of fused-ring (bicyclic) bond motifs is 3. The summed E-state index contributed by atoms with van der Waals surface area (Å²) in [6, 6.07) is 0.974. The number of carbonyl (C=O) groups excluding carboxylic acids is 6. The molecule has 12 nitrogen and oxygen atoms in total. The summed E-state index contributed by atoms with van der Waals surface area (Å²) in [7, 11) is 2.78. The molecule has 0 radical (unpaired) electrons. The highest BCUT2D eigenvalue weighted by atomic mass is 19.1. The number of carbonyl (C=O) groups is 6. The van der Waals surface area contributed by atoms with Gasteiger partial charge < -0.3 is 21.1 Å². The Morgan fingerprint density at radius 1 is 1.14 bits per heavy atom. The van der Waals surface area contributed by atoms with Crippen molar-refractivity contribution in [1.29, 1.82) is 0 Å². The van der Waals surface area contributed by atoms with E-state index in [0.29, 0.717) is 0 Å². The highest BCUT2D eigenvalue weighted by molar-refractivity contribution is 6.32. The molecular formula is C23H24FN3O9. The fourth-order valence-corrected chi connectivity index (χ4v) is 6.20. The van der Waals surface area contributed by atoms with Crippen LogP contribution in [0.25, 0.3) is 0 Å². The summed E-state index contributed by atoms with van der Waals surface area (Å²) in [5, 5.41) is 35.3. The highest BCUT2D eigenvalue weighted by Crippen LogP contribution is 2.55. The van der Waals surface area contributed by atoms with E-state index < -0.39 is 99.5 Å². The van der Waals surface area contributed by atoms with Gasteiger partial charge in [0.2, 0.25) is 5.91 Å². The number of halogens is 1. The molecule has 4 rings (SSSR count). The van der Waals surface area contributed by atoms with Gasteiger partial charge in [0.25, 0.3) is 0 Å². The van der Waals surface area contributed by atoms with Crippen LogP contribution in [0.5, 0.6) is 5.75 Å². The zero-order chi connectivity index (χ0) is 27.0. The second-order valence-corrected chi connectivity index (χ2v) is 9.69. The van der Waals surface area contributed by atoms with Crippen molar-refractivity contribution in [3.63, 3.8) is 0 Å². The van der Waals surface area contributed by atoms with Gasteiger partial charge in [-0.2, -0.15) is 0 Å². The van der Waals surface area contributed by atoms with Gasteiger partial charge in [-0.3, -0.25) is 34.2 Å². The third-order valence-electron chi connectivity index (χ3n) is 7.72. The van der Waals surface area contributed by atoms with E-state index in [-0.39, 0.29) is 5.56 Å². The van der Waals surface area contributed by atoms with E-state index in [4.69, 9.17) is 5.73 Å². The van der Waals surface area contributed by atoms with Crippen molar-refractivity contribution >= 4 is 40.9 Å². The molecule has 0 aliphatic heterocycles. The monoisotopic (exact) mass is 505 g/mol. The maximum Gasteiger partial charge on any atom is 0.401 e. The number of hydrogen-bond donors (Lipinski definition) is 5. The second kappa shape index (κ2) is 8.25. The number of aromatic hydroxyl groups is 1. The van der Waals surface area contributed by atoms with Crippen molar-refractivity contribution in [2.75, 3.05) is 19.4 Å². The molecular weight excluding hydrogens is 481 g/mol. The standard InChI is InChI=1S/C23H24FN3O9/c1-6-7-4-5-8(26-22(24)35)15(28)10(7)16(29)11-9(6)17(30)13-14(27(2)3)18(31)12(21(25)34)20(33)23(13,36)19(11)32/h4-6,9,11-14,17,28,30,36H,1-3H3,(H2,25,34)(H,26,35). The minimum absolute atomic E-state index is 0.165. The summed E-state index contributed by atoms with van der Waals surface area (Å²) in [6.45, 7) is 1.53. The topological polar surface area (TPSA) is 204 Å². The SMILES string of the molecule is CC1c2ccc(NC(=O)F)c(O)c2C(=O)C2C(=O)C3(O)C(=O)C(C(N)=O)C(=O)C(N(C)C)C3C(O)C21. The number of amides is 2. The number of benzene rings is 1. The number of nitrogens with one attached hydrogen (secondary N) is 1. The number of anilines is 1. The minimum atomic E-state index is -3.11. The zero-order valence-electron chi connectivity index (χ0n) is 19.4. The quantitative estimate of drug-likeness (QED) is 0.145. The lowest BCUT2D eigenvalue weighted by molar-refractivity contribution is -0.196. The van der Waals surface area contributed by atoms with Gasteiger partial charge >= 0.3 is 6.16 Å². The summed E-state index contributed by atoms with van der Waals surface area (Å²) in [5.41, 5.74) is 1.38. The van der Waals surface area contributed by atoms with Crippen molar-refractivity contribution in [2.45, 2.75) is 30.6 Å². The van der Waals surface area contributed by atoms with Crippen LogP contribution in [0.1, 0.15) is 28.8 Å². The first-order valence-electron chi connectivity index (χ1n) is 11.0. The highest BCUT2D eigenvalue weighted by Gasteiger charge is 2.72. The average Bonchev–Trinajstić information content (AvgIpc) is 2.77. The van der Waals surface area contributed by atoms with E-state index in [1.165, 1.54) is 32.0 Å². The Morgan fingerprint density at radius 2 is 1.75 bits per heavy atom. The summed E-state index contributed by atoms with van der Waals surface area (Å²) in [5.74, 6) is -15.0. The molecule has 2 saturated carbocycles. The number of likely N-dealkylation sites (N-methyl/N-ethyl adjacent to an activating group) is 1. The maximum absolute atomic E-state index is 13.8. The van der Waals surface area contributed by atoms with Crippen molar-refractivity contribution < 1.29 is 48.5 Å². The van der Waals surface area contributed by atoms with Gasteiger partial charge in [0.05, 0.1) is 35.2 Å². The molecule has 1 aromatic rings. The molecule has 0 saturated heterocycles. The number of ketones is 4. The number of aliphatic hydroxyl groups excluding tert-OH is 1. The molecule has 1 aromatic carbocycles. The van der Waals surface area contributed by atoms with Crippen molar-refractivity contribution in [3.05, 3.63) is 23.3 Å². The van der Waals surface area contributed by atoms with E-state index in [9.17, 15) is 48.5 Å². The smallest absolute Gasteiger partial charge is 0.401 e. The molecule has 2 fully saturated rings. The van der Waals surface area contributed by atoms with Crippen molar-refractivity contribution in [1.82, 2.24) is 4.90 Å². The summed E-state index contributed by atoms with van der Waals surface area (Å²) in [6.07, 6.45) is -3.78. The molecule has 13 heteroatoms. The maximum atomic E-state index is 13.8. The number of primary amides is 1. The summed E-state index contributed by atoms with van der Waals surface area (Å²) in [4.78, 5) is 77.7. The van der Waals surface area contributed by atoms with E-state index in [1.807, 2.05) is 0 Å². The van der Waals surface area contributed by atoms with Crippen LogP contribution in [0.15, 0.2) is 12.1 Å². The molecule has 0 spiro atoms. The number of nitrogens with zero attached hydrogens (tertiary/aromatic N) is 1. The van der Waals surface area contributed by atoms with Crippen LogP contribution in [0, 0.1) is 23.7 Å². The fraction of sp³-hybridized carbons (Fsp3) is 0.478. The first kappa shape index (κ1) is 25.5. The third kappa shape index (κ3) is 3.16. The molecule has 36 heavy (non-hydrogen) atoms. The van der Waals surface area contributed by atoms with Crippen LogP contribution in [0.3, 0.4) is 0 Å². The van der Waals surface area contributed by atoms with E-state index >= 15 is 0 Å². The predicted molar refractivity (Wildman–Crippen MR) is 118 cm³/mol. The first-order chi connectivity index (χ1) is 16.7. The number of hydrogen-bond acceptors (Lipinski definition) is 10. The Labute approximate surface area is 203 Å². The Hall–Kier alpha value is -3.55. The predicted octanol–water partition coefficient (Wildman–Crippen LogP) is -1.10. The Balaban J connectivity index is 1.94. The number of rotatable bonds is 3. The normalized spacial score (nSPS) is 35.7. The zero-order valence-corrected chi connectivity index (χ0v) is 19.4. The van der Waals surface area contributed by atoms with Crippen LogP contribution < -0.4 is 11.1 Å². The molecule has 3 aliphatic carbocycles. The van der Waals surface area contributed by atoms with Gasteiger partial charge in [-0.25, -0.2) is 4.79 Å². The van der Waals surface area contributed by atoms with Crippen LogP contribution in [-0.2, 0) is 19.2 Å². The average molecular weight is 505 g/mol. The molecule has 0 heterocycles. The van der Waals surface area contributed by atoms with E-state index in [2.05, 4.69) is 0 Å². The fourth-order valence-electron chi connectivity index (χ4n) is 6.20. The molecule has 0 bridgehead atoms. The number of phenolic OH excluding ortho intramolecular Hbond substituents is 1. The lowest BCUT2D eigenvalue weighted by Crippen LogP contribution is -2.77. The molecule has 0 aromatic heterocycles. The van der Waals surface area contributed by atoms with Gasteiger partial charge in [0.15, 0.2) is 34.7 Å². The van der Waals surface area contributed by atoms with Crippen molar-refractivity contribution in [3.8, 4) is 5.75 Å². The van der Waals surface area contributed by atoms with E-state index in [1.54, 1.807) is 5.32 Å². The van der Waals surface area contributed by atoms with Gasteiger partial charge in [-0.1, -0.05) is 13.0 Å². The Kier molecular flexibility index (Phi) is 5.85. The molecule has 8 unspecified atom stereocenters. The molecule has 2 amide bonds. The molecule has 8 atom stereocenters. The Morgan fingerprint density at radius 3 is 2.28 bits per heavy atom. The van der Waals surface area contributed by atoms with Crippen LogP contribution in [0.2, 0.25) is 0 Å². The first-order valence-corrected chi connectivity index (χ1v) is 11.0. The van der Waals surface area contributed by atoms with Crippen LogP contribution in [-0.4, -0.2) is 87.3 Å². The van der Waals surface area contributed by atoms with Crippen LogP contribution >= 0.6 is 0 Å². The largest absolute Gasteiger partial charge is 0.505 e. The molecule has 192 valence electrons. The Bertz CT molecular complexity index is 1250. The van der Waals surface area contributed by atoms with Gasteiger partial charge in [0.1, 0.15) is 5.75 Å². The molecule has 3 aliphatic rings. The second-order valence-electron chi connectivity index (χ2n) is 9.69. The number of nitrogens with two attached hydrogens (primary N) is 1. The van der Waals surface area contributed by atoms with Gasteiger partial charge in [-0.15, -0.1) is 4.39 Å². The summed E-state index contributed by atoms with van der Waals surface area (Å²) >= 11 is 0. The van der Waals surface area contributed by atoms with Gasteiger partial charge in [0, 0.05) is 5.92 Å². The lowest BCUT2D eigenvalue weighted by Gasteiger charge is -2.56. The van der Waals surface area contributed by atoms with Gasteiger partial charge in [-0.05, 0) is 31.6 Å². The van der Waals surface area contributed by atoms with Crippen LogP contribution in [0.4, 0.5) is 14.9 Å². The summed E-state index contributed by atoms with van der Waals surface area (Å²) < 4.78 is 12.9. The number of phenols is 1. The number of Topliss-reactive ketones (excluding diaryl/α,β-unsaturated/α-hetero) is 4. The minimum Gasteiger partial charge on any atom is -0.505 e. The third-order valence-corrected chi connectivity index (χ3v) is 7.72. The van der Waals surface area contributed by atoms with E-state index in [0.717, 1.165) is 6.07 Å². The van der Waals surface area contributed by atoms with Crippen molar-refractivity contribution in [2.24, 2.45) is 29.4 Å². The molecule has 6 N–H and O–H groups in total. The lowest BCUT2D eigenvalue weighted by atomic mass is 9.49. The number of aliphatic hydroxyl groups is 2.